The molecule has 0 spiro atoms. The molecule has 6 nitrogen and oxygen atoms in total. The van der Waals surface area contributed by atoms with Gasteiger partial charge in [0.15, 0.2) is 15.5 Å². The van der Waals surface area contributed by atoms with Gasteiger partial charge in [-0.15, -0.1) is 0 Å². The van der Waals surface area contributed by atoms with Gasteiger partial charge in [-0.3, -0.25) is 0 Å². The fraction of sp³-hybridized carbons (Fsp3) is 0.474. The molecule has 0 aliphatic carbocycles. The fourth-order valence-corrected chi connectivity index (χ4v) is 6.17. The molecule has 4 heterocycles. The summed E-state index contributed by atoms with van der Waals surface area (Å²) in [4.78, 5) is 14.3. The Labute approximate surface area is 153 Å². The number of aromatic nitrogens is 3. The molecule has 138 valence electrons. The lowest BCUT2D eigenvalue weighted by molar-refractivity contribution is 0.561. The largest absolute Gasteiger partial charge is 0.371 e. The molecule has 0 bridgehead atoms. The summed E-state index contributed by atoms with van der Waals surface area (Å²) in [5, 5.41) is 2.14. The van der Waals surface area contributed by atoms with Gasteiger partial charge in [0, 0.05) is 41.9 Å². The molecule has 1 N–H and O–H groups in total. The van der Waals surface area contributed by atoms with E-state index in [0.717, 1.165) is 47.1 Å². The van der Waals surface area contributed by atoms with Gasteiger partial charge in [0.2, 0.25) is 0 Å². The van der Waals surface area contributed by atoms with Gasteiger partial charge < -0.3 is 9.88 Å². The van der Waals surface area contributed by atoms with Crippen LogP contribution < -0.4 is 4.90 Å². The standard InChI is InChI=1S/C19H24N4O2S/c1-13(2)11-26(24,25)12-14-5-8-23(10-14)17-4-7-20-16-9-22-19-15(18(16)17)3-6-21-19/h3-4,6-7,9,13-14,20H,5,8,10-12H2,1-2H3. The molecular formula is C19H24N4O2S. The molecule has 7 heteroatoms. The minimum Gasteiger partial charge on any atom is -0.371 e. The highest BCUT2D eigenvalue weighted by molar-refractivity contribution is 7.91. The van der Waals surface area contributed by atoms with Gasteiger partial charge in [0.05, 0.1) is 23.2 Å². The Bertz CT molecular complexity index is 1040. The molecule has 4 rings (SSSR count). The van der Waals surface area contributed by atoms with E-state index in [1.54, 1.807) is 6.20 Å². The van der Waals surface area contributed by atoms with Gasteiger partial charge in [-0.2, -0.15) is 0 Å². The second-order valence-electron chi connectivity index (χ2n) is 7.66. The predicted octanol–water partition coefficient (Wildman–Crippen LogP) is 3.01. The van der Waals surface area contributed by atoms with Crippen molar-refractivity contribution in [2.75, 3.05) is 29.5 Å². The molecule has 1 fully saturated rings. The summed E-state index contributed by atoms with van der Waals surface area (Å²) in [6.07, 6.45) is 6.42. The number of sulfone groups is 1. The second-order valence-corrected chi connectivity index (χ2v) is 9.82. The normalized spacial score (nSPS) is 18.4. The Kier molecular flexibility index (Phi) is 4.34. The Morgan fingerprint density at radius 2 is 2.15 bits per heavy atom. The molecule has 0 saturated carbocycles. The van der Waals surface area contributed by atoms with Crippen LogP contribution in [0.25, 0.3) is 21.9 Å². The van der Waals surface area contributed by atoms with Crippen LogP contribution in [0.2, 0.25) is 0 Å². The van der Waals surface area contributed by atoms with E-state index in [1.165, 1.54) is 0 Å². The molecule has 26 heavy (non-hydrogen) atoms. The summed E-state index contributed by atoms with van der Waals surface area (Å²) in [6, 6.07) is 4.06. The number of anilines is 1. The van der Waals surface area contributed by atoms with Crippen molar-refractivity contribution in [3.63, 3.8) is 0 Å². The van der Waals surface area contributed by atoms with Crippen molar-refractivity contribution in [1.82, 2.24) is 15.0 Å². The van der Waals surface area contributed by atoms with Crippen molar-refractivity contribution >= 4 is 37.5 Å². The highest BCUT2D eigenvalue weighted by Crippen LogP contribution is 2.34. The van der Waals surface area contributed by atoms with E-state index >= 15 is 0 Å². The Morgan fingerprint density at radius 3 is 2.96 bits per heavy atom. The van der Waals surface area contributed by atoms with Crippen LogP contribution in [-0.2, 0) is 9.84 Å². The Hall–Kier alpha value is -2.15. The lowest BCUT2D eigenvalue weighted by Gasteiger charge is -2.21. The van der Waals surface area contributed by atoms with E-state index in [2.05, 4.69) is 25.9 Å². The third-order valence-corrected chi connectivity index (χ3v) is 7.13. The Morgan fingerprint density at radius 1 is 1.31 bits per heavy atom. The number of H-pyrrole nitrogens is 1. The number of hydrogen-bond donors (Lipinski definition) is 1. The summed E-state index contributed by atoms with van der Waals surface area (Å²) >= 11 is 0. The molecule has 3 aromatic heterocycles. The highest BCUT2D eigenvalue weighted by Gasteiger charge is 2.29. The number of rotatable bonds is 5. The first-order valence-corrected chi connectivity index (χ1v) is 10.9. The van der Waals surface area contributed by atoms with Crippen LogP contribution in [0, 0.1) is 11.8 Å². The van der Waals surface area contributed by atoms with Gasteiger partial charge in [0.1, 0.15) is 0 Å². The first-order valence-electron chi connectivity index (χ1n) is 9.09. The molecule has 1 saturated heterocycles. The quantitative estimate of drug-likeness (QED) is 0.745. The highest BCUT2D eigenvalue weighted by atomic mass is 32.2. The SMILES string of the molecule is CC(C)CS(=O)(=O)CC1CCN(c2cc[nH]c3cnc4nccc4c23)C1. The summed E-state index contributed by atoms with van der Waals surface area (Å²) in [6.45, 7) is 5.56. The maximum atomic E-state index is 12.4. The molecule has 3 aromatic rings. The van der Waals surface area contributed by atoms with Crippen molar-refractivity contribution in [2.45, 2.75) is 20.3 Å². The Balaban J connectivity index is 1.62. The van der Waals surface area contributed by atoms with Crippen LogP contribution in [0.3, 0.4) is 0 Å². The summed E-state index contributed by atoms with van der Waals surface area (Å²) in [7, 11) is -2.99. The number of fused-ring (bicyclic) bond motifs is 3. The fourth-order valence-electron chi connectivity index (χ4n) is 4.02. The topological polar surface area (TPSA) is 79.0 Å². The van der Waals surface area contributed by atoms with Gasteiger partial charge in [-0.25, -0.2) is 18.4 Å². The van der Waals surface area contributed by atoms with Crippen LogP contribution in [-0.4, -0.2) is 48.0 Å². The van der Waals surface area contributed by atoms with Crippen LogP contribution in [0.4, 0.5) is 5.69 Å². The van der Waals surface area contributed by atoms with Crippen LogP contribution in [0.15, 0.2) is 30.7 Å². The van der Waals surface area contributed by atoms with Gasteiger partial charge in [-0.05, 0) is 30.4 Å². The number of nitrogens with one attached hydrogen (secondary N) is 1. The van der Waals surface area contributed by atoms with Crippen LogP contribution in [0.1, 0.15) is 20.3 Å². The zero-order chi connectivity index (χ0) is 18.3. The van der Waals surface area contributed by atoms with Gasteiger partial charge in [0.25, 0.3) is 0 Å². The molecule has 0 aromatic carbocycles. The van der Waals surface area contributed by atoms with Crippen molar-refractivity contribution < 1.29 is 8.42 Å². The van der Waals surface area contributed by atoms with Gasteiger partial charge >= 0.3 is 0 Å². The second kappa shape index (κ2) is 6.54. The third-order valence-electron chi connectivity index (χ3n) is 4.97. The van der Waals surface area contributed by atoms with E-state index < -0.39 is 9.84 Å². The molecular weight excluding hydrogens is 348 g/mol. The van der Waals surface area contributed by atoms with Crippen LogP contribution >= 0.6 is 0 Å². The number of pyridine rings is 2. The third kappa shape index (κ3) is 3.28. The average molecular weight is 372 g/mol. The van der Waals surface area contributed by atoms with Crippen molar-refractivity contribution in [2.24, 2.45) is 11.8 Å². The zero-order valence-electron chi connectivity index (χ0n) is 15.1. The van der Waals surface area contributed by atoms with Crippen molar-refractivity contribution in [1.29, 1.82) is 0 Å². The predicted molar refractivity (Wildman–Crippen MR) is 105 cm³/mol. The molecule has 1 aliphatic rings. The van der Waals surface area contributed by atoms with E-state index in [0.29, 0.717) is 0 Å². The van der Waals surface area contributed by atoms with E-state index in [4.69, 9.17) is 0 Å². The molecule has 0 amide bonds. The lowest BCUT2D eigenvalue weighted by Crippen LogP contribution is -2.25. The first-order chi connectivity index (χ1) is 12.4. The zero-order valence-corrected chi connectivity index (χ0v) is 16.0. The minimum absolute atomic E-state index is 0.178. The van der Waals surface area contributed by atoms with Crippen molar-refractivity contribution in [3.8, 4) is 0 Å². The molecule has 1 unspecified atom stereocenters. The smallest absolute Gasteiger partial charge is 0.159 e. The maximum absolute atomic E-state index is 12.4. The lowest BCUT2D eigenvalue weighted by atomic mass is 10.1. The summed E-state index contributed by atoms with van der Waals surface area (Å²) in [5.41, 5.74) is 2.84. The summed E-state index contributed by atoms with van der Waals surface area (Å²) in [5.74, 6) is 0.927. The van der Waals surface area contributed by atoms with Gasteiger partial charge in [-0.1, -0.05) is 13.8 Å². The summed E-state index contributed by atoms with van der Waals surface area (Å²) < 4.78 is 24.7. The van der Waals surface area contributed by atoms with E-state index in [1.807, 2.05) is 32.3 Å². The monoisotopic (exact) mass is 372 g/mol. The van der Waals surface area contributed by atoms with Crippen molar-refractivity contribution in [3.05, 3.63) is 30.7 Å². The molecule has 0 radical (unpaired) electrons. The number of hydrogen-bond acceptors (Lipinski definition) is 5. The first kappa shape index (κ1) is 17.3. The van der Waals surface area contributed by atoms with E-state index in [-0.39, 0.29) is 23.3 Å². The average Bonchev–Trinajstić information content (AvgIpc) is 3.21. The minimum atomic E-state index is -2.99. The molecule has 1 atom stereocenters. The number of nitrogens with zero attached hydrogens (tertiary/aromatic N) is 3. The van der Waals surface area contributed by atoms with E-state index in [9.17, 15) is 8.42 Å². The van der Waals surface area contributed by atoms with Crippen LogP contribution in [0.5, 0.6) is 0 Å². The molecule has 1 aliphatic heterocycles. The number of aromatic amines is 1. The maximum Gasteiger partial charge on any atom is 0.159 e.